The average molecular weight is 418 g/mol. The van der Waals surface area contributed by atoms with Crippen LogP contribution in [0.1, 0.15) is 42.7 Å². The van der Waals surface area contributed by atoms with E-state index in [0.29, 0.717) is 30.3 Å². The van der Waals surface area contributed by atoms with Gasteiger partial charge in [0.05, 0.1) is 18.8 Å². The maximum absolute atomic E-state index is 14.6. The number of fused-ring (bicyclic) bond motifs is 1. The number of hydrogen-bond donors (Lipinski definition) is 0. The zero-order chi connectivity index (χ0) is 21.6. The molecule has 3 aromatic rings. The lowest BCUT2D eigenvalue weighted by molar-refractivity contribution is -0.205. The van der Waals surface area contributed by atoms with Crippen molar-refractivity contribution in [2.24, 2.45) is 5.92 Å². The number of ether oxygens (including phenoxy) is 2. The maximum Gasteiger partial charge on any atom is 0.183 e. The zero-order valence-electron chi connectivity index (χ0n) is 17.4. The summed E-state index contributed by atoms with van der Waals surface area (Å²) >= 11 is 0. The van der Waals surface area contributed by atoms with Crippen molar-refractivity contribution in [2.75, 3.05) is 13.2 Å². The largest absolute Gasteiger partial charge is 0.348 e. The van der Waals surface area contributed by atoms with E-state index >= 15 is 0 Å². The van der Waals surface area contributed by atoms with Crippen molar-refractivity contribution < 1.29 is 18.3 Å². The van der Waals surface area contributed by atoms with Crippen molar-refractivity contribution in [3.05, 3.63) is 95.1 Å². The van der Waals surface area contributed by atoms with Gasteiger partial charge in [0.25, 0.3) is 0 Å². The first-order chi connectivity index (χ1) is 15.1. The van der Waals surface area contributed by atoms with Gasteiger partial charge in [0.1, 0.15) is 11.6 Å². The van der Waals surface area contributed by atoms with Gasteiger partial charge in [-0.1, -0.05) is 42.2 Å². The monoisotopic (exact) mass is 418 g/mol. The topological polar surface area (TPSA) is 18.5 Å². The third-order valence-corrected chi connectivity index (χ3v) is 5.35. The summed E-state index contributed by atoms with van der Waals surface area (Å²) in [6.45, 7) is 3.23. The van der Waals surface area contributed by atoms with Crippen LogP contribution in [0, 0.1) is 29.4 Å². The Bertz CT molecular complexity index is 1150. The fourth-order valence-corrected chi connectivity index (χ4v) is 3.61. The standard InChI is InChI=1S/C27H24F2O2/c1-2-3-4-5-20-17-30-27(31-18-20)24-11-10-21(26(29)16-24)8-6-19-7-9-23-15-25(28)13-12-22(23)14-19/h2-3,7,9-16,20,27H,4-5,17-18H2,1H3/b3-2+. The van der Waals surface area contributed by atoms with E-state index in [4.69, 9.17) is 9.47 Å². The second-order valence-corrected chi connectivity index (χ2v) is 7.71. The molecule has 0 bridgehead atoms. The molecule has 1 aliphatic rings. The number of rotatable bonds is 4. The third-order valence-electron chi connectivity index (χ3n) is 5.35. The molecule has 1 heterocycles. The summed E-state index contributed by atoms with van der Waals surface area (Å²) in [5.74, 6) is 5.55. The van der Waals surface area contributed by atoms with Gasteiger partial charge in [-0.15, -0.1) is 0 Å². The van der Waals surface area contributed by atoms with Crippen LogP contribution in [0.15, 0.2) is 66.7 Å². The second kappa shape index (κ2) is 9.87. The van der Waals surface area contributed by atoms with Crippen LogP contribution in [0.5, 0.6) is 0 Å². The van der Waals surface area contributed by atoms with E-state index in [1.165, 1.54) is 18.2 Å². The molecule has 3 aromatic carbocycles. The minimum Gasteiger partial charge on any atom is -0.348 e. The number of halogens is 2. The quantitative estimate of drug-likeness (QED) is 0.354. The van der Waals surface area contributed by atoms with E-state index in [1.54, 1.807) is 24.3 Å². The highest BCUT2D eigenvalue weighted by Crippen LogP contribution is 2.28. The Morgan fingerprint density at radius 1 is 0.935 bits per heavy atom. The normalized spacial score (nSPS) is 18.8. The lowest BCUT2D eigenvalue weighted by Gasteiger charge is -2.29. The van der Waals surface area contributed by atoms with Crippen molar-refractivity contribution in [3.63, 3.8) is 0 Å². The Morgan fingerprint density at radius 2 is 1.71 bits per heavy atom. The first-order valence-electron chi connectivity index (χ1n) is 10.5. The molecule has 0 unspecified atom stereocenters. The molecule has 0 radical (unpaired) electrons. The summed E-state index contributed by atoms with van der Waals surface area (Å²) < 4.78 is 39.5. The molecule has 0 amide bonds. The average Bonchev–Trinajstić information content (AvgIpc) is 2.79. The molecule has 1 fully saturated rings. The number of benzene rings is 3. The van der Waals surface area contributed by atoms with Crippen molar-refractivity contribution in [2.45, 2.75) is 26.1 Å². The molecular formula is C27H24F2O2. The second-order valence-electron chi connectivity index (χ2n) is 7.71. The third kappa shape index (κ3) is 5.38. The Labute approximate surface area is 181 Å². The summed E-state index contributed by atoms with van der Waals surface area (Å²) in [5, 5.41) is 1.69. The van der Waals surface area contributed by atoms with Crippen molar-refractivity contribution >= 4 is 10.8 Å². The van der Waals surface area contributed by atoms with Crippen LogP contribution in [-0.4, -0.2) is 13.2 Å². The SMILES string of the molecule is C/C=C/CCC1COC(c2ccc(C#Cc3ccc4cc(F)ccc4c3)c(F)c2)OC1. The van der Waals surface area contributed by atoms with E-state index < -0.39 is 12.1 Å². The summed E-state index contributed by atoms with van der Waals surface area (Å²) in [7, 11) is 0. The van der Waals surface area contributed by atoms with E-state index in [1.807, 2.05) is 25.1 Å². The fraction of sp³-hybridized carbons (Fsp3) is 0.259. The predicted molar refractivity (Wildman–Crippen MR) is 118 cm³/mol. The van der Waals surface area contributed by atoms with E-state index in [2.05, 4.69) is 17.9 Å². The first-order valence-corrected chi connectivity index (χ1v) is 10.5. The van der Waals surface area contributed by atoms with Crippen LogP contribution < -0.4 is 0 Å². The molecule has 0 spiro atoms. The van der Waals surface area contributed by atoms with Gasteiger partial charge in [-0.3, -0.25) is 0 Å². The molecular weight excluding hydrogens is 394 g/mol. The Morgan fingerprint density at radius 3 is 2.48 bits per heavy atom. The smallest absolute Gasteiger partial charge is 0.183 e. The number of allylic oxidation sites excluding steroid dienone is 2. The molecule has 0 aromatic heterocycles. The molecule has 2 nitrogen and oxygen atoms in total. The first kappa shape index (κ1) is 21.2. The van der Waals surface area contributed by atoms with Crippen LogP contribution in [0.2, 0.25) is 0 Å². The van der Waals surface area contributed by atoms with Crippen molar-refractivity contribution in [1.82, 2.24) is 0 Å². The fourth-order valence-electron chi connectivity index (χ4n) is 3.61. The summed E-state index contributed by atoms with van der Waals surface area (Å²) in [5.41, 5.74) is 1.70. The zero-order valence-corrected chi connectivity index (χ0v) is 17.4. The summed E-state index contributed by atoms with van der Waals surface area (Å²) in [6, 6.07) is 15.0. The molecule has 1 aliphatic heterocycles. The lowest BCUT2D eigenvalue weighted by Crippen LogP contribution is -2.27. The Kier molecular flexibility index (Phi) is 6.76. The molecule has 0 saturated carbocycles. The van der Waals surface area contributed by atoms with Gasteiger partial charge in [-0.05, 0) is 66.9 Å². The molecule has 4 rings (SSSR count). The lowest BCUT2D eigenvalue weighted by atomic mass is 10.0. The molecule has 1 saturated heterocycles. The highest BCUT2D eigenvalue weighted by Gasteiger charge is 2.23. The van der Waals surface area contributed by atoms with Crippen LogP contribution in [0.25, 0.3) is 10.8 Å². The van der Waals surface area contributed by atoms with Gasteiger partial charge in [0.2, 0.25) is 0 Å². The van der Waals surface area contributed by atoms with Crippen LogP contribution in [-0.2, 0) is 9.47 Å². The highest BCUT2D eigenvalue weighted by atomic mass is 19.1. The van der Waals surface area contributed by atoms with E-state index in [0.717, 1.165) is 29.2 Å². The minimum atomic E-state index is -0.546. The summed E-state index contributed by atoms with van der Waals surface area (Å²) in [4.78, 5) is 0. The van der Waals surface area contributed by atoms with Crippen LogP contribution >= 0.6 is 0 Å². The van der Waals surface area contributed by atoms with Crippen LogP contribution in [0.4, 0.5) is 8.78 Å². The molecule has 4 heteroatoms. The van der Waals surface area contributed by atoms with Gasteiger partial charge in [-0.2, -0.15) is 0 Å². The molecule has 31 heavy (non-hydrogen) atoms. The van der Waals surface area contributed by atoms with Gasteiger partial charge in [0.15, 0.2) is 6.29 Å². The minimum absolute atomic E-state index is 0.274. The molecule has 0 atom stereocenters. The Hall–Kier alpha value is -3.00. The maximum atomic E-state index is 14.6. The van der Waals surface area contributed by atoms with Gasteiger partial charge >= 0.3 is 0 Å². The molecule has 158 valence electrons. The van der Waals surface area contributed by atoms with E-state index in [9.17, 15) is 8.78 Å². The van der Waals surface area contributed by atoms with Gasteiger partial charge < -0.3 is 9.47 Å². The molecule has 0 aliphatic carbocycles. The number of hydrogen-bond acceptors (Lipinski definition) is 2. The van der Waals surface area contributed by atoms with Gasteiger partial charge in [-0.25, -0.2) is 8.78 Å². The predicted octanol–water partition coefficient (Wildman–Crippen LogP) is 6.54. The summed E-state index contributed by atoms with van der Waals surface area (Å²) in [6.07, 6.45) is 5.66. The van der Waals surface area contributed by atoms with E-state index in [-0.39, 0.29) is 5.82 Å². The van der Waals surface area contributed by atoms with Gasteiger partial charge in [0, 0.05) is 17.0 Å². The van der Waals surface area contributed by atoms with Crippen LogP contribution in [0.3, 0.4) is 0 Å². The highest BCUT2D eigenvalue weighted by molar-refractivity contribution is 5.83. The Balaban J connectivity index is 1.42. The van der Waals surface area contributed by atoms with Crippen molar-refractivity contribution in [3.8, 4) is 11.8 Å². The van der Waals surface area contributed by atoms with Crippen molar-refractivity contribution in [1.29, 1.82) is 0 Å². The molecule has 0 N–H and O–H groups in total.